The van der Waals surface area contributed by atoms with E-state index in [9.17, 15) is 4.39 Å². The van der Waals surface area contributed by atoms with Crippen molar-refractivity contribution in [3.05, 3.63) is 60.5 Å². The Bertz CT molecular complexity index is 665. The van der Waals surface area contributed by atoms with Gasteiger partial charge in [-0.3, -0.25) is 4.98 Å². The van der Waals surface area contributed by atoms with Gasteiger partial charge in [-0.15, -0.1) is 0 Å². The van der Waals surface area contributed by atoms with Crippen molar-refractivity contribution in [2.75, 3.05) is 0 Å². The van der Waals surface area contributed by atoms with Gasteiger partial charge < -0.3 is 0 Å². The SMILES string of the molecule is Fc1cc2ccccc2nc1-c1ccccn1. The van der Waals surface area contributed by atoms with Crippen molar-refractivity contribution >= 4 is 10.9 Å². The second-order valence-corrected chi connectivity index (χ2v) is 3.73. The van der Waals surface area contributed by atoms with Gasteiger partial charge in [0, 0.05) is 11.6 Å². The molecule has 0 unspecified atom stereocenters. The summed E-state index contributed by atoms with van der Waals surface area (Å²) in [4.78, 5) is 8.42. The molecule has 0 aliphatic rings. The monoisotopic (exact) mass is 224 g/mol. The number of benzene rings is 1. The van der Waals surface area contributed by atoms with E-state index in [0.717, 1.165) is 10.9 Å². The first-order valence-electron chi connectivity index (χ1n) is 5.31. The average Bonchev–Trinajstić information content (AvgIpc) is 2.39. The van der Waals surface area contributed by atoms with Crippen LogP contribution >= 0.6 is 0 Å². The van der Waals surface area contributed by atoms with Crippen molar-refractivity contribution in [1.82, 2.24) is 9.97 Å². The summed E-state index contributed by atoms with van der Waals surface area (Å²) in [5, 5.41) is 0.796. The minimum absolute atomic E-state index is 0.296. The molecule has 0 radical (unpaired) electrons. The fourth-order valence-electron chi connectivity index (χ4n) is 1.77. The second-order valence-electron chi connectivity index (χ2n) is 3.73. The lowest BCUT2D eigenvalue weighted by Crippen LogP contribution is -1.92. The van der Waals surface area contributed by atoms with Gasteiger partial charge >= 0.3 is 0 Å². The van der Waals surface area contributed by atoms with Gasteiger partial charge in [-0.1, -0.05) is 24.3 Å². The molecule has 82 valence electrons. The van der Waals surface area contributed by atoms with Crippen molar-refractivity contribution in [2.45, 2.75) is 0 Å². The average molecular weight is 224 g/mol. The van der Waals surface area contributed by atoms with Crippen LogP contribution in [-0.4, -0.2) is 9.97 Å². The maximum Gasteiger partial charge on any atom is 0.151 e. The molecular weight excluding hydrogens is 215 g/mol. The van der Waals surface area contributed by atoms with E-state index in [4.69, 9.17) is 0 Å². The zero-order chi connectivity index (χ0) is 11.7. The number of halogens is 1. The van der Waals surface area contributed by atoms with E-state index in [-0.39, 0.29) is 5.82 Å². The predicted octanol–water partition coefficient (Wildman–Crippen LogP) is 3.44. The lowest BCUT2D eigenvalue weighted by atomic mass is 10.1. The molecule has 17 heavy (non-hydrogen) atoms. The van der Waals surface area contributed by atoms with Crippen LogP contribution in [0.15, 0.2) is 54.7 Å². The number of nitrogens with zero attached hydrogens (tertiary/aromatic N) is 2. The zero-order valence-corrected chi connectivity index (χ0v) is 8.97. The fraction of sp³-hybridized carbons (Fsp3) is 0. The lowest BCUT2D eigenvalue weighted by molar-refractivity contribution is 0.627. The largest absolute Gasteiger partial charge is 0.255 e. The standard InChI is InChI=1S/C14H9FN2/c15-11-9-10-5-1-2-6-12(10)17-14(11)13-7-3-4-8-16-13/h1-9H. The molecule has 2 aromatic heterocycles. The van der Waals surface area contributed by atoms with Crippen molar-refractivity contribution < 1.29 is 4.39 Å². The van der Waals surface area contributed by atoms with Crippen LogP contribution in [-0.2, 0) is 0 Å². The Morgan fingerprint density at radius 1 is 0.941 bits per heavy atom. The molecule has 2 heterocycles. The molecule has 0 N–H and O–H groups in total. The van der Waals surface area contributed by atoms with E-state index in [0.29, 0.717) is 11.4 Å². The van der Waals surface area contributed by atoms with Crippen LogP contribution in [0.5, 0.6) is 0 Å². The van der Waals surface area contributed by atoms with Crippen LogP contribution in [0.25, 0.3) is 22.3 Å². The Morgan fingerprint density at radius 2 is 1.76 bits per heavy atom. The van der Waals surface area contributed by atoms with Gasteiger partial charge in [-0.2, -0.15) is 0 Å². The molecule has 0 fully saturated rings. The lowest BCUT2D eigenvalue weighted by Gasteiger charge is -2.03. The fourth-order valence-corrected chi connectivity index (χ4v) is 1.77. The van der Waals surface area contributed by atoms with Gasteiger partial charge in [0.2, 0.25) is 0 Å². The maximum absolute atomic E-state index is 13.9. The smallest absolute Gasteiger partial charge is 0.151 e. The third-order valence-electron chi connectivity index (χ3n) is 2.58. The molecule has 0 bridgehead atoms. The second kappa shape index (κ2) is 3.94. The summed E-state index contributed by atoms with van der Waals surface area (Å²) >= 11 is 0. The summed E-state index contributed by atoms with van der Waals surface area (Å²) in [6, 6.07) is 14.3. The summed E-state index contributed by atoms with van der Waals surface area (Å²) in [5.41, 5.74) is 1.62. The minimum Gasteiger partial charge on any atom is -0.255 e. The Labute approximate surface area is 97.8 Å². The van der Waals surface area contributed by atoms with E-state index in [1.165, 1.54) is 6.07 Å². The highest BCUT2D eigenvalue weighted by atomic mass is 19.1. The molecule has 2 nitrogen and oxygen atoms in total. The van der Waals surface area contributed by atoms with Crippen LogP contribution in [0.4, 0.5) is 4.39 Å². The highest BCUT2D eigenvalue weighted by molar-refractivity contribution is 5.81. The van der Waals surface area contributed by atoms with Gasteiger partial charge in [0.15, 0.2) is 5.82 Å². The Hall–Kier alpha value is -2.29. The molecule has 3 aromatic rings. The zero-order valence-electron chi connectivity index (χ0n) is 8.97. The highest BCUT2D eigenvalue weighted by Gasteiger charge is 2.09. The van der Waals surface area contributed by atoms with Crippen LogP contribution in [0.1, 0.15) is 0 Å². The van der Waals surface area contributed by atoms with E-state index in [2.05, 4.69) is 9.97 Å². The Kier molecular flexibility index (Phi) is 2.29. The van der Waals surface area contributed by atoms with Crippen molar-refractivity contribution in [3.8, 4) is 11.4 Å². The quantitative estimate of drug-likeness (QED) is 0.632. The molecular formula is C14H9FN2. The topological polar surface area (TPSA) is 25.8 Å². The van der Waals surface area contributed by atoms with Gasteiger partial charge in [0.25, 0.3) is 0 Å². The molecule has 0 spiro atoms. The van der Waals surface area contributed by atoms with Gasteiger partial charge in [0.1, 0.15) is 5.69 Å². The number of fused-ring (bicyclic) bond motifs is 1. The summed E-state index contributed by atoms with van der Waals surface area (Å²) < 4.78 is 13.9. The van der Waals surface area contributed by atoms with Crippen LogP contribution < -0.4 is 0 Å². The predicted molar refractivity (Wildman–Crippen MR) is 64.9 cm³/mol. The molecule has 0 saturated heterocycles. The molecule has 0 amide bonds. The summed E-state index contributed by atoms with van der Waals surface area (Å²) in [6.45, 7) is 0. The number of aromatic nitrogens is 2. The number of hydrogen-bond acceptors (Lipinski definition) is 2. The van der Waals surface area contributed by atoms with Crippen molar-refractivity contribution in [2.24, 2.45) is 0 Å². The van der Waals surface area contributed by atoms with Crippen LogP contribution in [0.3, 0.4) is 0 Å². The van der Waals surface area contributed by atoms with E-state index in [1.807, 2.05) is 30.3 Å². The molecule has 0 atom stereocenters. The summed E-state index contributed by atoms with van der Waals surface area (Å²) in [5.74, 6) is -0.345. The molecule has 0 aliphatic carbocycles. The molecule has 3 rings (SSSR count). The van der Waals surface area contributed by atoms with E-state index in [1.54, 1.807) is 18.3 Å². The van der Waals surface area contributed by atoms with Gasteiger partial charge in [-0.05, 0) is 24.3 Å². The molecule has 0 aliphatic heterocycles. The number of hydrogen-bond donors (Lipinski definition) is 0. The highest BCUT2D eigenvalue weighted by Crippen LogP contribution is 2.22. The minimum atomic E-state index is -0.345. The van der Waals surface area contributed by atoms with Crippen molar-refractivity contribution in [3.63, 3.8) is 0 Å². The number of pyridine rings is 2. The normalized spacial score (nSPS) is 10.6. The summed E-state index contributed by atoms with van der Waals surface area (Å²) in [6.07, 6.45) is 1.63. The van der Waals surface area contributed by atoms with E-state index >= 15 is 0 Å². The first-order valence-corrected chi connectivity index (χ1v) is 5.31. The Balaban J connectivity index is 2.27. The molecule has 0 saturated carbocycles. The first kappa shape index (κ1) is 9.90. The Morgan fingerprint density at radius 3 is 2.59 bits per heavy atom. The number of rotatable bonds is 1. The van der Waals surface area contributed by atoms with Gasteiger partial charge in [0.05, 0.1) is 11.2 Å². The first-order chi connectivity index (χ1) is 8.34. The third-order valence-corrected chi connectivity index (χ3v) is 2.58. The van der Waals surface area contributed by atoms with Crippen molar-refractivity contribution in [1.29, 1.82) is 0 Å². The van der Waals surface area contributed by atoms with Crippen LogP contribution in [0.2, 0.25) is 0 Å². The van der Waals surface area contributed by atoms with Gasteiger partial charge in [-0.25, -0.2) is 9.37 Å². The molecule has 3 heteroatoms. The number of para-hydroxylation sites is 1. The third kappa shape index (κ3) is 1.76. The van der Waals surface area contributed by atoms with E-state index < -0.39 is 0 Å². The molecule has 1 aromatic carbocycles. The maximum atomic E-state index is 13.9. The summed E-state index contributed by atoms with van der Waals surface area (Å²) in [7, 11) is 0. The van der Waals surface area contributed by atoms with Crippen LogP contribution in [0, 0.1) is 5.82 Å².